The Bertz CT molecular complexity index is 1120. The van der Waals surface area contributed by atoms with E-state index in [2.05, 4.69) is 58.3 Å². The summed E-state index contributed by atoms with van der Waals surface area (Å²) in [6.45, 7) is 6.36. The predicted octanol–water partition coefficient (Wildman–Crippen LogP) is 4.70. The molecule has 29 heavy (non-hydrogen) atoms. The Kier molecular flexibility index (Phi) is 5.79. The highest BCUT2D eigenvalue weighted by Crippen LogP contribution is 2.32. The van der Waals surface area contributed by atoms with Crippen molar-refractivity contribution in [3.05, 3.63) is 63.4 Å². The quantitative estimate of drug-likeness (QED) is 0.530. The van der Waals surface area contributed by atoms with E-state index in [1.54, 1.807) is 33.8 Å². The van der Waals surface area contributed by atoms with Crippen LogP contribution in [0.2, 0.25) is 0 Å². The molecule has 5 nitrogen and oxygen atoms in total. The molecular weight excluding hydrogens is 470 g/mol. The van der Waals surface area contributed by atoms with Gasteiger partial charge in [0.05, 0.1) is 10.6 Å². The molecule has 152 valence electrons. The molecule has 1 aliphatic heterocycles. The average molecular weight is 492 g/mol. The Morgan fingerprint density at radius 1 is 0.966 bits per heavy atom. The normalized spacial score (nSPS) is 15.6. The Labute approximate surface area is 184 Å². The molecule has 0 N–H and O–H groups in total. The van der Waals surface area contributed by atoms with Gasteiger partial charge in [0, 0.05) is 41.6 Å². The largest absolute Gasteiger partial charge is 0.345 e. The highest BCUT2D eigenvalue weighted by molar-refractivity contribution is 9.10. The van der Waals surface area contributed by atoms with Crippen molar-refractivity contribution in [1.82, 2.24) is 9.29 Å². The van der Waals surface area contributed by atoms with Crippen molar-refractivity contribution in [1.29, 1.82) is 0 Å². The molecule has 0 aliphatic carbocycles. The van der Waals surface area contributed by atoms with E-state index in [1.807, 2.05) is 6.07 Å². The lowest BCUT2D eigenvalue weighted by atomic mass is 10.0. The molecule has 0 amide bonds. The van der Waals surface area contributed by atoms with Crippen LogP contribution in [-0.2, 0) is 10.0 Å². The average Bonchev–Trinajstić information content (AvgIpc) is 3.18. The molecule has 2 heterocycles. The number of hydrogen-bond donors (Lipinski definition) is 0. The van der Waals surface area contributed by atoms with Gasteiger partial charge in [-0.05, 0) is 53.0 Å². The summed E-state index contributed by atoms with van der Waals surface area (Å²) in [4.78, 5) is 7.35. The van der Waals surface area contributed by atoms with E-state index < -0.39 is 10.0 Å². The molecule has 0 spiro atoms. The Hall–Kier alpha value is -1.74. The van der Waals surface area contributed by atoms with E-state index in [4.69, 9.17) is 4.98 Å². The number of halogens is 1. The molecule has 1 fully saturated rings. The van der Waals surface area contributed by atoms with Gasteiger partial charge < -0.3 is 4.90 Å². The second kappa shape index (κ2) is 8.18. The van der Waals surface area contributed by atoms with Crippen molar-refractivity contribution in [3.63, 3.8) is 0 Å². The minimum absolute atomic E-state index is 0.319. The molecule has 3 aromatic rings. The fraction of sp³-hybridized carbons (Fsp3) is 0.286. The number of thiazole rings is 1. The summed E-state index contributed by atoms with van der Waals surface area (Å²) in [5, 5.41) is 3.04. The maximum Gasteiger partial charge on any atom is 0.244 e. The molecule has 4 rings (SSSR count). The number of benzene rings is 2. The number of nitrogens with zero attached hydrogens (tertiary/aromatic N) is 3. The predicted molar refractivity (Wildman–Crippen MR) is 122 cm³/mol. The van der Waals surface area contributed by atoms with Crippen LogP contribution in [0.5, 0.6) is 0 Å². The lowest BCUT2D eigenvalue weighted by molar-refractivity contribution is 0.384. The van der Waals surface area contributed by atoms with Gasteiger partial charge in [0.1, 0.15) is 0 Å². The monoisotopic (exact) mass is 491 g/mol. The fourth-order valence-electron chi connectivity index (χ4n) is 3.66. The summed E-state index contributed by atoms with van der Waals surface area (Å²) in [5.41, 5.74) is 4.60. The van der Waals surface area contributed by atoms with E-state index in [1.165, 1.54) is 16.7 Å². The highest BCUT2D eigenvalue weighted by Gasteiger charge is 2.30. The van der Waals surface area contributed by atoms with Crippen molar-refractivity contribution < 1.29 is 8.42 Å². The number of rotatable bonds is 4. The lowest BCUT2D eigenvalue weighted by Crippen LogP contribution is -2.48. The summed E-state index contributed by atoms with van der Waals surface area (Å²) in [6, 6.07) is 13.2. The second-order valence-electron chi connectivity index (χ2n) is 7.10. The zero-order chi connectivity index (χ0) is 20.6. The van der Waals surface area contributed by atoms with Crippen molar-refractivity contribution in [2.75, 3.05) is 31.1 Å². The van der Waals surface area contributed by atoms with Crippen LogP contribution < -0.4 is 4.90 Å². The molecule has 0 bridgehead atoms. The van der Waals surface area contributed by atoms with Gasteiger partial charge >= 0.3 is 0 Å². The lowest BCUT2D eigenvalue weighted by Gasteiger charge is -2.34. The summed E-state index contributed by atoms with van der Waals surface area (Å²) >= 11 is 4.97. The number of piperazine rings is 1. The maximum absolute atomic E-state index is 13.0. The smallest absolute Gasteiger partial charge is 0.244 e. The van der Waals surface area contributed by atoms with E-state index >= 15 is 0 Å². The van der Waals surface area contributed by atoms with Crippen LogP contribution in [-0.4, -0.2) is 43.9 Å². The number of hydrogen-bond acceptors (Lipinski definition) is 5. The molecular formula is C21H22BrN3O2S2. The maximum atomic E-state index is 13.0. The first-order chi connectivity index (χ1) is 13.9. The summed E-state index contributed by atoms with van der Waals surface area (Å²) in [6.07, 6.45) is 0. The van der Waals surface area contributed by atoms with Gasteiger partial charge in [0.15, 0.2) is 5.13 Å². The van der Waals surface area contributed by atoms with Crippen molar-refractivity contribution >= 4 is 42.4 Å². The Morgan fingerprint density at radius 2 is 1.62 bits per heavy atom. The van der Waals surface area contributed by atoms with E-state index in [0.29, 0.717) is 35.5 Å². The first-order valence-corrected chi connectivity index (χ1v) is 12.5. The van der Waals surface area contributed by atoms with Gasteiger partial charge in [-0.2, -0.15) is 4.31 Å². The molecule has 0 unspecified atom stereocenters. The van der Waals surface area contributed by atoms with E-state index in [-0.39, 0.29) is 0 Å². The summed E-state index contributed by atoms with van der Waals surface area (Å²) in [5.74, 6) is 0. The summed E-state index contributed by atoms with van der Waals surface area (Å²) < 4.78 is 28.1. The molecule has 8 heteroatoms. The van der Waals surface area contributed by atoms with Crippen molar-refractivity contribution in [3.8, 4) is 11.3 Å². The van der Waals surface area contributed by atoms with E-state index in [0.717, 1.165) is 10.8 Å². The molecule has 1 aromatic heterocycles. The molecule has 2 aromatic carbocycles. The molecule has 0 radical (unpaired) electrons. The van der Waals surface area contributed by atoms with Gasteiger partial charge in [-0.25, -0.2) is 13.4 Å². The van der Waals surface area contributed by atoms with Gasteiger partial charge in [0.2, 0.25) is 10.0 Å². The number of aromatic nitrogens is 1. The van der Waals surface area contributed by atoms with Gasteiger partial charge in [-0.15, -0.1) is 11.3 Å². The number of aryl methyl sites for hydroxylation is 2. The molecule has 1 aliphatic rings. The standard InChI is InChI=1S/C21H22BrN3O2S2/c1-15-6-5-7-16(2)20(15)18-14-28-21(23-18)24-10-12-25(13-11-24)29(26,27)19-9-4-3-8-17(19)22/h3-9,14H,10-13H2,1-2H3. The zero-order valence-electron chi connectivity index (χ0n) is 16.3. The van der Waals surface area contributed by atoms with Crippen molar-refractivity contribution in [2.45, 2.75) is 18.7 Å². The molecule has 0 atom stereocenters. The second-order valence-corrected chi connectivity index (χ2v) is 10.7. The van der Waals surface area contributed by atoms with Crippen LogP contribution in [0, 0.1) is 13.8 Å². The minimum atomic E-state index is -3.50. The Morgan fingerprint density at radius 3 is 2.28 bits per heavy atom. The fourth-order valence-corrected chi connectivity index (χ4v) is 6.91. The summed E-state index contributed by atoms with van der Waals surface area (Å²) in [7, 11) is -3.50. The highest BCUT2D eigenvalue weighted by atomic mass is 79.9. The third-order valence-corrected chi connectivity index (χ3v) is 9.01. The van der Waals surface area contributed by atoms with Gasteiger partial charge in [0.25, 0.3) is 0 Å². The van der Waals surface area contributed by atoms with Crippen molar-refractivity contribution in [2.24, 2.45) is 0 Å². The van der Waals surface area contributed by atoms with Crippen LogP contribution in [0.1, 0.15) is 11.1 Å². The van der Waals surface area contributed by atoms with Crippen LogP contribution in [0.3, 0.4) is 0 Å². The van der Waals surface area contributed by atoms with Crippen LogP contribution in [0.15, 0.2) is 57.2 Å². The first kappa shape index (κ1) is 20.5. The topological polar surface area (TPSA) is 53.5 Å². The third-order valence-electron chi connectivity index (χ3n) is 5.19. The zero-order valence-corrected chi connectivity index (χ0v) is 19.5. The minimum Gasteiger partial charge on any atom is -0.345 e. The molecule has 1 saturated heterocycles. The van der Waals surface area contributed by atoms with Crippen LogP contribution in [0.25, 0.3) is 11.3 Å². The number of anilines is 1. The van der Waals surface area contributed by atoms with Crippen LogP contribution in [0.4, 0.5) is 5.13 Å². The first-order valence-electron chi connectivity index (χ1n) is 9.39. The van der Waals surface area contributed by atoms with Gasteiger partial charge in [-0.1, -0.05) is 30.3 Å². The third kappa shape index (κ3) is 3.99. The SMILES string of the molecule is Cc1cccc(C)c1-c1csc(N2CCN(S(=O)(=O)c3ccccc3Br)CC2)n1. The molecule has 0 saturated carbocycles. The number of sulfonamides is 1. The van der Waals surface area contributed by atoms with Crippen LogP contribution >= 0.6 is 27.3 Å². The Balaban J connectivity index is 1.50. The van der Waals surface area contributed by atoms with E-state index in [9.17, 15) is 8.42 Å². The van der Waals surface area contributed by atoms with Gasteiger partial charge in [-0.3, -0.25) is 0 Å².